The van der Waals surface area contributed by atoms with Crippen LogP contribution in [-0.2, 0) is 0 Å². The fourth-order valence-corrected chi connectivity index (χ4v) is 2.94. The third kappa shape index (κ3) is 2.69. The van der Waals surface area contributed by atoms with Crippen LogP contribution in [0.5, 0.6) is 5.75 Å². The largest absolute Gasteiger partial charge is 0.497 e. The number of nitrogens with zero attached hydrogens (tertiary/aromatic N) is 1. The number of ether oxygens (including phenoxy) is 1. The molecule has 2 atom stereocenters. The Kier molecular flexibility index (Phi) is 4.32. The summed E-state index contributed by atoms with van der Waals surface area (Å²) in [6, 6.07) is 7.36. The molecule has 0 radical (unpaired) electrons. The van der Waals surface area contributed by atoms with Gasteiger partial charge in [0.15, 0.2) is 0 Å². The van der Waals surface area contributed by atoms with Crippen LogP contribution in [0.15, 0.2) is 24.3 Å². The molecule has 0 saturated carbocycles. The number of fused-ring (bicyclic) bond motifs is 1. The minimum Gasteiger partial charge on any atom is -0.497 e. The molecule has 104 valence electrons. The van der Waals surface area contributed by atoms with Crippen LogP contribution in [0.2, 0.25) is 0 Å². The lowest BCUT2D eigenvalue weighted by molar-refractivity contribution is 0.0781. The number of nitrogens with one attached hydrogen (secondary N) is 1. The first-order valence-electron chi connectivity index (χ1n) is 6.42. The fraction of sp³-hybridized carbons (Fsp3) is 0.500. The van der Waals surface area contributed by atoms with Crippen LogP contribution in [0, 0.1) is 11.8 Å². The zero-order valence-corrected chi connectivity index (χ0v) is 11.8. The number of carbonyl (C=O) groups excluding carboxylic acids is 1. The van der Waals surface area contributed by atoms with Gasteiger partial charge in [0.1, 0.15) is 5.75 Å². The Hall–Kier alpha value is -1.26. The van der Waals surface area contributed by atoms with Crippen molar-refractivity contribution in [3.8, 4) is 5.75 Å². The predicted octanol–water partition coefficient (Wildman–Crippen LogP) is 1.41. The molecular weight excluding hydrogens is 264 g/mol. The van der Waals surface area contributed by atoms with Gasteiger partial charge in [-0.1, -0.05) is 0 Å². The number of amides is 1. The van der Waals surface area contributed by atoms with Crippen LogP contribution >= 0.6 is 12.4 Å². The molecule has 4 nitrogen and oxygen atoms in total. The van der Waals surface area contributed by atoms with Gasteiger partial charge in [0.2, 0.25) is 0 Å². The number of hydrogen-bond donors (Lipinski definition) is 1. The maximum atomic E-state index is 12.3. The van der Waals surface area contributed by atoms with Crippen LogP contribution < -0.4 is 10.1 Å². The highest BCUT2D eigenvalue weighted by Crippen LogP contribution is 2.27. The van der Waals surface area contributed by atoms with Crippen molar-refractivity contribution in [2.45, 2.75) is 0 Å². The average Bonchev–Trinajstić information content (AvgIpc) is 2.99. The lowest BCUT2D eigenvalue weighted by Gasteiger charge is -2.17. The van der Waals surface area contributed by atoms with Gasteiger partial charge in [-0.2, -0.15) is 0 Å². The Morgan fingerprint density at radius 3 is 2.32 bits per heavy atom. The summed E-state index contributed by atoms with van der Waals surface area (Å²) in [4.78, 5) is 14.3. The van der Waals surface area contributed by atoms with Gasteiger partial charge in [-0.25, -0.2) is 0 Å². The minimum atomic E-state index is 0. The molecule has 0 bridgehead atoms. The Morgan fingerprint density at radius 1 is 1.21 bits per heavy atom. The normalized spacial score (nSPS) is 24.8. The summed E-state index contributed by atoms with van der Waals surface area (Å²) in [6.07, 6.45) is 0. The van der Waals surface area contributed by atoms with Gasteiger partial charge >= 0.3 is 0 Å². The summed E-state index contributed by atoms with van der Waals surface area (Å²) in [5.74, 6) is 2.22. The van der Waals surface area contributed by atoms with Crippen LogP contribution in [0.25, 0.3) is 0 Å². The monoisotopic (exact) mass is 282 g/mol. The molecule has 2 fully saturated rings. The molecule has 2 aliphatic heterocycles. The number of likely N-dealkylation sites (tertiary alicyclic amines) is 1. The number of carbonyl (C=O) groups is 1. The zero-order chi connectivity index (χ0) is 12.5. The summed E-state index contributed by atoms with van der Waals surface area (Å²) in [5, 5.41) is 3.38. The molecule has 3 rings (SSSR count). The van der Waals surface area contributed by atoms with Crippen molar-refractivity contribution in [1.82, 2.24) is 10.2 Å². The molecule has 19 heavy (non-hydrogen) atoms. The predicted molar refractivity (Wildman–Crippen MR) is 76.0 cm³/mol. The lowest BCUT2D eigenvalue weighted by Crippen LogP contribution is -2.31. The van der Waals surface area contributed by atoms with Gasteiger partial charge in [-0.15, -0.1) is 12.4 Å². The second-order valence-corrected chi connectivity index (χ2v) is 5.12. The fourth-order valence-electron chi connectivity index (χ4n) is 2.94. The highest BCUT2D eigenvalue weighted by Gasteiger charge is 2.38. The molecule has 0 aliphatic carbocycles. The van der Waals surface area contributed by atoms with Gasteiger partial charge in [-0.3, -0.25) is 4.79 Å². The highest BCUT2D eigenvalue weighted by atomic mass is 35.5. The Bertz CT molecular complexity index is 437. The summed E-state index contributed by atoms with van der Waals surface area (Å²) in [5.41, 5.74) is 0.753. The second kappa shape index (κ2) is 5.80. The van der Waals surface area contributed by atoms with Crippen LogP contribution in [-0.4, -0.2) is 44.1 Å². The van der Waals surface area contributed by atoms with Crippen molar-refractivity contribution in [3.05, 3.63) is 29.8 Å². The molecule has 2 saturated heterocycles. The molecule has 0 spiro atoms. The molecule has 1 amide bonds. The molecule has 1 aromatic rings. The summed E-state index contributed by atoms with van der Waals surface area (Å²) in [6.45, 7) is 3.89. The number of methoxy groups -OCH3 is 1. The van der Waals surface area contributed by atoms with Crippen LogP contribution in [0.3, 0.4) is 0 Å². The molecule has 5 heteroatoms. The van der Waals surface area contributed by atoms with Crippen molar-refractivity contribution in [2.75, 3.05) is 33.3 Å². The Balaban J connectivity index is 0.00000133. The van der Waals surface area contributed by atoms with E-state index in [2.05, 4.69) is 5.32 Å². The first-order valence-corrected chi connectivity index (χ1v) is 6.42. The maximum absolute atomic E-state index is 12.3. The van der Waals surface area contributed by atoms with Crippen molar-refractivity contribution in [2.24, 2.45) is 11.8 Å². The SMILES string of the molecule is COc1ccc(C(=O)N2C[C@H]3CNC[C@H]3C2)cc1.Cl. The Labute approximate surface area is 119 Å². The van der Waals surface area contributed by atoms with Gasteiger partial charge in [0.25, 0.3) is 5.91 Å². The second-order valence-electron chi connectivity index (χ2n) is 5.12. The molecule has 2 heterocycles. The third-order valence-corrected chi connectivity index (χ3v) is 4.01. The molecule has 1 N–H and O–H groups in total. The van der Waals surface area contributed by atoms with E-state index in [1.165, 1.54) is 0 Å². The van der Waals surface area contributed by atoms with Crippen molar-refractivity contribution in [1.29, 1.82) is 0 Å². The summed E-state index contributed by atoms with van der Waals surface area (Å²) < 4.78 is 5.10. The van der Waals surface area contributed by atoms with Crippen LogP contribution in [0.4, 0.5) is 0 Å². The van der Waals surface area contributed by atoms with E-state index in [4.69, 9.17) is 4.74 Å². The van der Waals surface area contributed by atoms with E-state index in [0.29, 0.717) is 11.8 Å². The number of halogens is 1. The van der Waals surface area contributed by atoms with E-state index in [1.807, 2.05) is 29.2 Å². The number of benzene rings is 1. The van der Waals surface area contributed by atoms with E-state index in [1.54, 1.807) is 7.11 Å². The standard InChI is InChI=1S/C14H18N2O2.ClH/c1-18-13-4-2-10(3-5-13)14(17)16-8-11-6-15-7-12(11)9-16;/h2-5,11-12,15H,6-9H2,1H3;1H/t11-,12+;. The molecule has 2 aliphatic rings. The van der Waals surface area contributed by atoms with Gasteiger partial charge in [0, 0.05) is 31.7 Å². The van der Waals surface area contributed by atoms with E-state index in [0.717, 1.165) is 37.5 Å². The van der Waals surface area contributed by atoms with Crippen LogP contribution in [0.1, 0.15) is 10.4 Å². The number of rotatable bonds is 2. The van der Waals surface area contributed by atoms with E-state index >= 15 is 0 Å². The summed E-state index contributed by atoms with van der Waals surface area (Å²) in [7, 11) is 1.63. The van der Waals surface area contributed by atoms with Crippen molar-refractivity contribution in [3.63, 3.8) is 0 Å². The summed E-state index contributed by atoms with van der Waals surface area (Å²) >= 11 is 0. The van der Waals surface area contributed by atoms with E-state index < -0.39 is 0 Å². The van der Waals surface area contributed by atoms with E-state index in [9.17, 15) is 4.79 Å². The first-order chi connectivity index (χ1) is 8.78. The molecule has 0 unspecified atom stereocenters. The number of hydrogen-bond acceptors (Lipinski definition) is 3. The Morgan fingerprint density at radius 2 is 1.79 bits per heavy atom. The third-order valence-electron chi connectivity index (χ3n) is 4.01. The highest BCUT2D eigenvalue weighted by molar-refractivity contribution is 5.94. The van der Waals surface area contributed by atoms with Gasteiger partial charge < -0.3 is 15.0 Å². The molecule has 1 aromatic carbocycles. The molecular formula is C14H19ClN2O2. The van der Waals surface area contributed by atoms with Crippen molar-refractivity contribution < 1.29 is 9.53 Å². The van der Waals surface area contributed by atoms with Crippen molar-refractivity contribution >= 4 is 18.3 Å². The smallest absolute Gasteiger partial charge is 0.253 e. The minimum absolute atomic E-state index is 0. The topological polar surface area (TPSA) is 41.6 Å². The van der Waals surface area contributed by atoms with Gasteiger partial charge in [-0.05, 0) is 36.1 Å². The maximum Gasteiger partial charge on any atom is 0.253 e. The first kappa shape index (κ1) is 14.2. The average molecular weight is 283 g/mol. The quantitative estimate of drug-likeness (QED) is 0.892. The van der Waals surface area contributed by atoms with E-state index in [-0.39, 0.29) is 18.3 Å². The lowest BCUT2D eigenvalue weighted by atomic mass is 10.0. The molecule has 0 aromatic heterocycles. The van der Waals surface area contributed by atoms with Gasteiger partial charge in [0.05, 0.1) is 7.11 Å². The zero-order valence-electron chi connectivity index (χ0n) is 11.0.